The highest BCUT2D eigenvalue weighted by molar-refractivity contribution is 5.26. The first kappa shape index (κ1) is 15.5. The molecule has 1 aliphatic heterocycles. The molecule has 0 radical (unpaired) electrons. The van der Waals surface area contributed by atoms with Crippen LogP contribution in [0.5, 0.6) is 0 Å². The lowest BCUT2D eigenvalue weighted by atomic mass is 9.79. The van der Waals surface area contributed by atoms with Gasteiger partial charge in [-0.25, -0.2) is 0 Å². The zero-order chi connectivity index (χ0) is 14.9. The van der Waals surface area contributed by atoms with Crippen molar-refractivity contribution >= 4 is 0 Å². The molecule has 20 heavy (non-hydrogen) atoms. The molecule has 1 aromatic rings. The summed E-state index contributed by atoms with van der Waals surface area (Å²) < 4.78 is 2.06. The topological polar surface area (TPSA) is 47.1 Å². The Morgan fingerprint density at radius 2 is 2.00 bits per heavy atom. The number of piperidine rings is 1. The van der Waals surface area contributed by atoms with E-state index in [1.54, 1.807) is 0 Å². The van der Waals surface area contributed by atoms with Gasteiger partial charge in [0.15, 0.2) is 0 Å². The van der Waals surface area contributed by atoms with E-state index in [0.29, 0.717) is 6.04 Å². The van der Waals surface area contributed by atoms with E-state index in [2.05, 4.69) is 49.4 Å². The van der Waals surface area contributed by atoms with Crippen molar-refractivity contribution in [2.75, 3.05) is 13.1 Å². The minimum atomic E-state index is 0.208. The van der Waals surface area contributed by atoms with Gasteiger partial charge in [-0.2, -0.15) is 5.10 Å². The molecule has 1 unspecified atom stereocenters. The molecule has 1 atom stereocenters. The fourth-order valence-corrected chi connectivity index (χ4v) is 3.42. The first-order valence-electron chi connectivity index (χ1n) is 7.90. The molecular weight excluding hydrogens is 248 g/mol. The third kappa shape index (κ3) is 2.91. The number of hydrogen-bond donors (Lipinski definition) is 1. The Labute approximate surface area is 123 Å². The SMILES string of the molecule is CCc1nn(C)c(CC)c1CN1CCC(N)C(C)(C)C1. The van der Waals surface area contributed by atoms with Crippen molar-refractivity contribution in [1.82, 2.24) is 14.7 Å². The lowest BCUT2D eigenvalue weighted by Gasteiger charge is -2.42. The van der Waals surface area contributed by atoms with Crippen LogP contribution in [0.1, 0.15) is 51.1 Å². The first-order valence-corrected chi connectivity index (χ1v) is 7.90. The smallest absolute Gasteiger partial charge is 0.0669 e. The summed E-state index contributed by atoms with van der Waals surface area (Å²) in [6.45, 7) is 12.2. The molecule has 1 saturated heterocycles. The molecule has 2 rings (SSSR count). The van der Waals surface area contributed by atoms with Crippen LogP contribution in [0.15, 0.2) is 0 Å². The summed E-state index contributed by atoms with van der Waals surface area (Å²) in [7, 11) is 2.07. The van der Waals surface area contributed by atoms with Crippen molar-refractivity contribution in [2.24, 2.45) is 18.2 Å². The Hall–Kier alpha value is -0.870. The molecule has 1 aliphatic rings. The summed E-state index contributed by atoms with van der Waals surface area (Å²) in [4.78, 5) is 2.55. The van der Waals surface area contributed by atoms with E-state index in [0.717, 1.165) is 38.9 Å². The average Bonchev–Trinajstić information content (AvgIpc) is 2.69. The van der Waals surface area contributed by atoms with Crippen LogP contribution in [-0.4, -0.2) is 33.8 Å². The normalized spacial score (nSPS) is 23.2. The van der Waals surface area contributed by atoms with Crippen LogP contribution in [0.2, 0.25) is 0 Å². The van der Waals surface area contributed by atoms with E-state index in [9.17, 15) is 0 Å². The number of aromatic nitrogens is 2. The maximum absolute atomic E-state index is 6.24. The zero-order valence-corrected chi connectivity index (χ0v) is 13.7. The largest absolute Gasteiger partial charge is 0.327 e. The number of hydrogen-bond acceptors (Lipinski definition) is 3. The van der Waals surface area contributed by atoms with Crippen molar-refractivity contribution < 1.29 is 0 Å². The predicted molar refractivity (Wildman–Crippen MR) is 83.6 cm³/mol. The molecule has 0 bridgehead atoms. The first-order chi connectivity index (χ1) is 9.39. The van der Waals surface area contributed by atoms with Gasteiger partial charge in [-0.05, 0) is 24.7 Å². The molecule has 0 aromatic carbocycles. The van der Waals surface area contributed by atoms with Crippen LogP contribution in [0.3, 0.4) is 0 Å². The van der Waals surface area contributed by atoms with E-state index in [-0.39, 0.29) is 5.41 Å². The lowest BCUT2D eigenvalue weighted by Crippen LogP contribution is -2.52. The molecule has 114 valence electrons. The quantitative estimate of drug-likeness (QED) is 0.917. The van der Waals surface area contributed by atoms with Gasteiger partial charge in [0.1, 0.15) is 0 Å². The Morgan fingerprint density at radius 1 is 1.30 bits per heavy atom. The predicted octanol–water partition coefficient (Wildman–Crippen LogP) is 2.10. The Balaban J connectivity index is 2.18. The molecule has 4 nitrogen and oxygen atoms in total. The number of rotatable bonds is 4. The molecule has 2 heterocycles. The Bertz CT molecular complexity index is 461. The van der Waals surface area contributed by atoms with Gasteiger partial charge in [-0.15, -0.1) is 0 Å². The second-order valence-corrected chi connectivity index (χ2v) is 6.80. The summed E-state index contributed by atoms with van der Waals surface area (Å²) in [6, 6.07) is 0.323. The van der Waals surface area contributed by atoms with Crippen molar-refractivity contribution in [3.63, 3.8) is 0 Å². The van der Waals surface area contributed by atoms with Gasteiger partial charge in [0.2, 0.25) is 0 Å². The summed E-state index contributed by atoms with van der Waals surface area (Å²) in [5, 5.41) is 4.68. The molecule has 1 aromatic heterocycles. The monoisotopic (exact) mass is 278 g/mol. The fraction of sp³-hybridized carbons (Fsp3) is 0.812. The average molecular weight is 278 g/mol. The summed E-state index contributed by atoms with van der Waals surface area (Å²) in [6.07, 6.45) is 3.16. The molecule has 2 N–H and O–H groups in total. The lowest BCUT2D eigenvalue weighted by molar-refractivity contribution is 0.0894. The van der Waals surface area contributed by atoms with E-state index < -0.39 is 0 Å². The van der Waals surface area contributed by atoms with Crippen LogP contribution in [0.25, 0.3) is 0 Å². The number of nitrogens with zero attached hydrogens (tertiary/aromatic N) is 3. The number of nitrogens with two attached hydrogens (primary N) is 1. The zero-order valence-electron chi connectivity index (χ0n) is 13.7. The van der Waals surface area contributed by atoms with Gasteiger partial charge < -0.3 is 5.73 Å². The maximum atomic E-state index is 6.24. The second-order valence-electron chi connectivity index (χ2n) is 6.80. The van der Waals surface area contributed by atoms with Gasteiger partial charge in [0, 0.05) is 44.0 Å². The molecule has 0 aliphatic carbocycles. The van der Waals surface area contributed by atoms with Gasteiger partial charge in [0.05, 0.1) is 5.69 Å². The minimum absolute atomic E-state index is 0.208. The van der Waals surface area contributed by atoms with Crippen molar-refractivity contribution in [3.05, 3.63) is 17.0 Å². The van der Waals surface area contributed by atoms with Crippen LogP contribution >= 0.6 is 0 Å². The summed E-state index contributed by atoms with van der Waals surface area (Å²) >= 11 is 0. The molecule has 0 amide bonds. The number of aryl methyl sites for hydroxylation is 2. The molecule has 4 heteroatoms. The molecule has 1 fully saturated rings. The molecule has 0 spiro atoms. The van der Waals surface area contributed by atoms with Gasteiger partial charge in [-0.3, -0.25) is 9.58 Å². The van der Waals surface area contributed by atoms with Crippen LogP contribution in [0.4, 0.5) is 0 Å². The molecule has 0 saturated carbocycles. The van der Waals surface area contributed by atoms with Crippen LogP contribution in [0, 0.1) is 5.41 Å². The second kappa shape index (κ2) is 5.86. The van der Waals surface area contributed by atoms with Crippen LogP contribution in [-0.2, 0) is 26.4 Å². The van der Waals surface area contributed by atoms with Crippen molar-refractivity contribution in [1.29, 1.82) is 0 Å². The van der Waals surface area contributed by atoms with Gasteiger partial charge >= 0.3 is 0 Å². The summed E-state index contributed by atoms with van der Waals surface area (Å²) in [5.74, 6) is 0. The molecular formula is C16H30N4. The van der Waals surface area contributed by atoms with Gasteiger partial charge in [-0.1, -0.05) is 27.7 Å². The third-order valence-electron chi connectivity index (χ3n) is 4.80. The summed E-state index contributed by atoms with van der Waals surface area (Å²) in [5.41, 5.74) is 10.5. The highest BCUT2D eigenvalue weighted by Gasteiger charge is 2.33. The van der Waals surface area contributed by atoms with E-state index in [1.165, 1.54) is 17.0 Å². The highest BCUT2D eigenvalue weighted by Crippen LogP contribution is 2.29. The van der Waals surface area contributed by atoms with Crippen molar-refractivity contribution in [3.8, 4) is 0 Å². The standard InChI is InChI=1S/C16H30N4/c1-6-13-12(14(7-2)19(5)18-13)10-20-9-8-15(17)16(3,4)11-20/h15H,6-11,17H2,1-5H3. The van der Waals surface area contributed by atoms with Crippen LogP contribution < -0.4 is 5.73 Å². The Kier molecular flexibility index (Phi) is 4.55. The fourth-order valence-electron chi connectivity index (χ4n) is 3.42. The van der Waals surface area contributed by atoms with E-state index in [4.69, 9.17) is 5.73 Å². The number of likely N-dealkylation sites (tertiary alicyclic amines) is 1. The minimum Gasteiger partial charge on any atom is -0.327 e. The highest BCUT2D eigenvalue weighted by atomic mass is 15.3. The third-order valence-corrected chi connectivity index (χ3v) is 4.80. The van der Waals surface area contributed by atoms with Crippen molar-refractivity contribution in [2.45, 2.75) is 59.5 Å². The van der Waals surface area contributed by atoms with Gasteiger partial charge in [0.25, 0.3) is 0 Å². The van der Waals surface area contributed by atoms with E-state index in [1.807, 2.05) is 0 Å². The maximum Gasteiger partial charge on any atom is 0.0669 e. The Morgan fingerprint density at radius 3 is 2.55 bits per heavy atom. The van der Waals surface area contributed by atoms with E-state index >= 15 is 0 Å².